The van der Waals surface area contributed by atoms with Crippen molar-refractivity contribution in [3.63, 3.8) is 0 Å². The zero-order valence-electron chi connectivity index (χ0n) is 17.9. The average Bonchev–Trinajstić information content (AvgIpc) is 2.67. The first-order valence-electron chi connectivity index (χ1n) is 9.67. The molecule has 5 atom stereocenters. The van der Waals surface area contributed by atoms with Crippen LogP contribution in [0.4, 0.5) is 0 Å². The van der Waals surface area contributed by atoms with Crippen molar-refractivity contribution in [3.05, 3.63) is 0 Å². The zero-order chi connectivity index (χ0) is 25.0. The van der Waals surface area contributed by atoms with Crippen molar-refractivity contribution >= 4 is 35.6 Å². The molecule has 15 heteroatoms. The van der Waals surface area contributed by atoms with Crippen LogP contribution in [0.5, 0.6) is 0 Å². The highest BCUT2D eigenvalue weighted by molar-refractivity contribution is 5.96. The van der Waals surface area contributed by atoms with Crippen molar-refractivity contribution in [3.8, 4) is 0 Å². The maximum Gasteiger partial charge on any atom is 0.325 e. The van der Waals surface area contributed by atoms with Crippen molar-refractivity contribution in [2.75, 3.05) is 6.54 Å². The Labute approximate surface area is 184 Å². The highest BCUT2D eigenvalue weighted by Crippen LogP contribution is 2.02. The van der Waals surface area contributed by atoms with E-state index in [9.17, 15) is 29.1 Å². The first-order valence-corrected chi connectivity index (χ1v) is 9.67. The third kappa shape index (κ3) is 11.1. The first-order chi connectivity index (χ1) is 14.8. The summed E-state index contributed by atoms with van der Waals surface area (Å²) in [6.45, 7) is 2.60. The first kappa shape index (κ1) is 28.5. The van der Waals surface area contributed by atoms with Crippen LogP contribution in [0.3, 0.4) is 0 Å². The van der Waals surface area contributed by atoms with Gasteiger partial charge in [-0.15, -0.1) is 0 Å². The third-order valence-corrected chi connectivity index (χ3v) is 4.13. The molecule has 15 nitrogen and oxygen atoms in total. The van der Waals surface area contributed by atoms with Crippen LogP contribution in [-0.2, 0) is 24.0 Å². The Morgan fingerprint density at radius 2 is 1.53 bits per heavy atom. The number of hydrogen-bond donors (Lipinski definition) is 9. The van der Waals surface area contributed by atoms with E-state index in [4.69, 9.17) is 28.0 Å². The Balaban J connectivity index is 5.19. The molecule has 0 aromatic rings. The molecular formula is C17H32N8O7. The highest BCUT2D eigenvalue weighted by atomic mass is 16.4. The summed E-state index contributed by atoms with van der Waals surface area (Å²) in [6, 6.07) is -5.40. The number of nitrogens with one attached hydrogen (secondary N) is 3. The molecule has 0 radical (unpaired) electrons. The molecule has 182 valence electrons. The van der Waals surface area contributed by atoms with Crippen LogP contribution in [0.1, 0.15) is 33.1 Å². The minimum absolute atomic E-state index is 0.115. The van der Waals surface area contributed by atoms with Gasteiger partial charge in [0.2, 0.25) is 23.6 Å². The molecule has 0 aliphatic rings. The number of carboxylic acid groups (broad SMARTS) is 1. The van der Waals surface area contributed by atoms with Crippen LogP contribution in [0.2, 0.25) is 0 Å². The van der Waals surface area contributed by atoms with Gasteiger partial charge in [0.05, 0.1) is 18.6 Å². The Bertz CT molecular complexity index is 724. The minimum Gasteiger partial charge on any atom is -0.480 e. The average molecular weight is 460 g/mol. The van der Waals surface area contributed by atoms with Gasteiger partial charge in [0.1, 0.15) is 18.1 Å². The predicted octanol–water partition coefficient (Wildman–Crippen LogP) is -4.82. The number of amides is 4. The molecule has 0 bridgehead atoms. The Hall–Kier alpha value is -3.46. The smallest absolute Gasteiger partial charge is 0.325 e. The van der Waals surface area contributed by atoms with Gasteiger partial charge in [-0.3, -0.25) is 29.0 Å². The molecule has 0 rings (SSSR count). The van der Waals surface area contributed by atoms with E-state index in [1.165, 1.54) is 13.8 Å². The lowest BCUT2D eigenvalue weighted by Gasteiger charge is -2.25. The van der Waals surface area contributed by atoms with Crippen molar-refractivity contribution in [2.24, 2.45) is 27.9 Å². The molecule has 0 aromatic carbocycles. The van der Waals surface area contributed by atoms with Crippen LogP contribution in [0, 0.1) is 0 Å². The van der Waals surface area contributed by atoms with Crippen LogP contribution in [-0.4, -0.2) is 82.6 Å². The number of aliphatic hydroxyl groups is 1. The standard InChI is InChI=1S/C17H32N8O7/c1-7(16(31)32)23-15(30)12(8(2)26)25-14(29)10(6-11(19)27)24-13(28)9(18)4-3-5-22-17(20)21/h7-10,12,26H,3-6,18H2,1-2H3,(H2,19,27)(H,23,30)(H,24,28)(H,25,29)(H,31,32)(H4,20,21,22). The largest absolute Gasteiger partial charge is 0.480 e. The number of carboxylic acids is 1. The maximum absolute atomic E-state index is 12.6. The second kappa shape index (κ2) is 13.8. The summed E-state index contributed by atoms with van der Waals surface area (Å²) in [7, 11) is 0. The number of carbonyl (C=O) groups is 5. The van der Waals surface area contributed by atoms with Crippen molar-refractivity contribution in [1.82, 2.24) is 16.0 Å². The van der Waals surface area contributed by atoms with Gasteiger partial charge in [0, 0.05) is 6.54 Å². The molecule has 5 unspecified atom stereocenters. The van der Waals surface area contributed by atoms with E-state index in [-0.39, 0.29) is 18.9 Å². The molecule has 32 heavy (non-hydrogen) atoms. The van der Waals surface area contributed by atoms with Gasteiger partial charge >= 0.3 is 5.97 Å². The molecule has 13 N–H and O–H groups in total. The van der Waals surface area contributed by atoms with Crippen LogP contribution in [0.15, 0.2) is 4.99 Å². The fourth-order valence-electron chi connectivity index (χ4n) is 2.36. The van der Waals surface area contributed by atoms with Gasteiger partial charge in [-0.1, -0.05) is 0 Å². The molecule has 0 heterocycles. The SMILES string of the molecule is CC(NC(=O)C(NC(=O)C(CC(N)=O)NC(=O)C(N)CCCN=C(N)N)C(C)O)C(=O)O. The maximum atomic E-state index is 12.6. The lowest BCUT2D eigenvalue weighted by Crippen LogP contribution is -2.60. The normalized spacial score (nSPS) is 15.2. The van der Waals surface area contributed by atoms with Gasteiger partial charge in [-0.2, -0.15) is 0 Å². The molecule has 4 amide bonds. The zero-order valence-corrected chi connectivity index (χ0v) is 17.9. The number of aliphatic imine (C=N–C) groups is 1. The van der Waals surface area contributed by atoms with Gasteiger partial charge in [0.15, 0.2) is 5.96 Å². The number of primary amides is 1. The fourth-order valence-corrected chi connectivity index (χ4v) is 2.36. The van der Waals surface area contributed by atoms with E-state index in [2.05, 4.69) is 20.9 Å². The molecule has 0 spiro atoms. The van der Waals surface area contributed by atoms with E-state index in [1.807, 2.05) is 0 Å². The third-order valence-electron chi connectivity index (χ3n) is 4.13. The molecule has 0 saturated heterocycles. The number of nitrogens with two attached hydrogens (primary N) is 4. The number of aliphatic hydroxyl groups excluding tert-OH is 1. The van der Waals surface area contributed by atoms with Gasteiger partial charge in [-0.05, 0) is 26.7 Å². The van der Waals surface area contributed by atoms with Crippen molar-refractivity contribution < 1.29 is 34.2 Å². The summed E-state index contributed by atoms with van der Waals surface area (Å²) < 4.78 is 0. The topological polar surface area (TPSA) is 278 Å². The number of nitrogens with zero attached hydrogens (tertiary/aromatic N) is 1. The number of carbonyl (C=O) groups excluding carboxylic acids is 4. The van der Waals surface area contributed by atoms with Gasteiger partial charge in [-0.25, -0.2) is 0 Å². The second-order valence-electron chi connectivity index (χ2n) is 7.08. The Kier molecular flexibility index (Phi) is 12.3. The van der Waals surface area contributed by atoms with Crippen molar-refractivity contribution in [1.29, 1.82) is 0 Å². The van der Waals surface area contributed by atoms with Gasteiger partial charge in [0.25, 0.3) is 0 Å². The summed E-state index contributed by atoms with van der Waals surface area (Å²) in [6.07, 6.45) is -1.51. The molecule has 0 saturated carbocycles. The highest BCUT2D eigenvalue weighted by Gasteiger charge is 2.32. The summed E-state index contributed by atoms with van der Waals surface area (Å²) in [5, 5.41) is 25.3. The molecular weight excluding hydrogens is 428 g/mol. The monoisotopic (exact) mass is 460 g/mol. The van der Waals surface area contributed by atoms with E-state index in [0.29, 0.717) is 6.42 Å². The van der Waals surface area contributed by atoms with Crippen molar-refractivity contribution in [2.45, 2.75) is 63.4 Å². The second-order valence-corrected chi connectivity index (χ2v) is 7.08. The lowest BCUT2D eigenvalue weighted by atomic mass is 10.1. The molecule has 0 aromatic heterocycles. The quantitative estimate of drug-likeness (QED) is 0.0677. The summed E-state index contributed by atoms with van der Waals surface area (Å²) in [4.78, 5) is 63.1. The van der Waals surface area contributed by atoms with E-state index >= 15 is 0 Å². The fraction of sp³-hybridized carbons (Fsp3) is 0.647. The van der Waals surface area contributed by atoms with Gasteiger partial charge < -0.3 is 49.1 Å². The number of aliphatic carboxylic acids is 1. The predicted molar refractivity (Wildman–Crippen MR) is 112 cm³/mol. The summed E-state index contributed by atoms with van der Waals surface area (Å²) >= 11 is 0. The minimum atomic E-state index is -1.56. The number of rotatable bonds is 14. The summed E-state index contributed by atoms with van der Waals surface area (Å²) in [5.74, 6) is -5.13. The molecule has 0 aliphatic carbocycles. The number of hydrogen-bond acceptors (Lipinski definition) is 8. The lowest BCUT2D eigenvalue weighted by molar-refractivity contribution is -0.142. The van der Waals surface area contributed by atoms with Crippen LogP contribution in [0.25, 0.3) is 0 Å². The van der Waals surface area contributed by atoms with E-state index in [1.54, 1.807) is 0 Å². The van der Waals surface area contributed by atoms with Crippen LogP contribution >= 0.6 is 0 Å². The Morgan fingerprint density at radius 1 is 0.938 bits per heavy atom. The summed E-state index contributed by atoms with van der Waals surface area (Å²) in [5.41, 5.74) is 21.3. The van der Waals surface area contributed by atoms with Crippen LogP contribution < -0.4 is 38.9 Å². The molecule has 0 fully saturated rings. The molecule has 0 aliphatic heterocycles. The van der Waals surface area contributed by atoms with E-state index < -0.39 is 66.3 Å². The Morgan fingerprint density at radius 3 is 2.00 bits per heavy atom. The number of guanidine groups is 1. The van der Waals surface area contributed by atoms with E-state index in [0.717, 1.165) is 0 Å².